The van der Waals surface area contributed by atoms with Crippen LogP contribution >= 0.6 is 11.6 Å². The van der Waals surface area contributed by atoms with Gasteiger partial charge in [0.1, 0.15) is 17.3 Å². The Hall–Kier alpha value is -3.03. The fourth-order valence-corrected chi connectivity index (χ4v) is 4.38. The van der Waals surface area contributed by atoms with Crippen LogP contribution in [-0.2, 0) is 16.0 Å². The molecule has 182 valence electrons. The van der Waals surface area contributed by atoms with E-state index in [1.807, 2.05) is 43.3 Å². The lowest BCUT2D eigenvalue weighted by molar-refractivity contribution is -0.139. The molecule has 2 aromatic rings. The number of hydrogen-bond acceptors (Lipinski definition) is 6. The molecule has 0 bridgehead atoms. The number of halogens is 1. The SMILES string of the molecule is CCc1ccc(C2/C(=C(\O)c3cc(Cl)c(OC)cc3OC)C(=O)C(=O)N2CCCN(C)C)cc1. The predicted octanol–water partition coefficient (Wildman–Crippen LogP) is 4.29. The highest BCUT2D eigenvalue weighted by atomic mass is 35.5. The molecule has 1 amide bonds. The second-order valence-electron chi connectivity index (χ2n) is 8.43. The summed E-state index contributed by atoms with van der Waals surface area (Å²) in [5.41, 5.74) is 2.12. The number of hydrogen-bond donors (Lipinski definition) is 1. The van der Waals surface area contributed by atoms with Crippen LogP contribution in [0.25, 0.3) is 5.76 Å². The molecule has 1 aliphatic heterocycles. The van der Waals surface area contributed by atoms with Gasteiger partial charge in [-0.3, -0.25) is 9.59 Å². The normalized spacial score (nSPS) is 17.5. The summed E-state index contributed by atoms with van der Waals surface area (Å²) < 4.78 is 10.7. The van der Waals surface area contributed by atoms with Gasteiger partial charge in [-0.2, -0.15) is 0 Å². The van der Waals surface area contributed by atoms with E-state index in [1.54, 1.807) is 0 Å². The second-order valence-corrected chi connectivity index (χ2v) is 8.84. The van der Waals surface area contributed by atoms with Gasteiger partial charge in [0.15, 0.2) is 0 Å². The van der Waals surface area contributed by atoms with Crippen LogP contribution in [-0.4, -0.2) is 68.0 Å². The van der Waals surface area contributed by atoms with Crippen LogP contribution in [0.3, 0.4) is 0 Å². The number of aliphatic hydroxyl groups is 1. The predicted molar refractivity (Wildman–Crippen MR) is 133 cm³/mol. The first kappa shape index (κ1) is 25.6. The van der Waals surface area contributed by atoms with Gasteiger partial charge in [0.05, 0.1) is 36.4 Å². The molecular formula is C26H31ClN2O5. The number of likely N-dealkylation sites (tertiary alicyclic amines) is 1. The molecule has 1 aliphatic rings. The monoisotopic (exact) mass is 486 g/mol. The maximum Gasteiger partial charge on any atom is 0.295 e. The van der Waals surface area contributed by atoms with E-state index in [0.717, 1.165) is 24.1 Å². The molecule has 34 heavy (non-hydrogen) atoms. The average molecular weight is 487 g/mol. The summed E-state index contributed by atoms with van der Waals surface area (Å²) in [7, 11) is 6.82. The molecule has 7 nitrogen and oxygen atoms in total. The number of methoxy groups -OCH3 is 2. The number of benzene rings is 2. The van der Waals surface area contributed by atoms with E-state index in [4.69, 9.17) is 21.1 Å². The lowest BCUT2D eigenvalue weighted by atomic mass is 9.94. The van der Waals surface area contributed by atoms with Crippen molar-refractivity contribution in [2.45, 2.75) is 25.8 Å². The summed E-state index contributed by atoms with van der Waals surface area (Å²) in [5.74, 6) is -1.06. The first-order valence-corrected chi connectivity index (χ1v) is 11.5. The lowest BCUT2D eigenvalue weighted by Gasteiger charge is -2.26. The highest BCUT2D eigenvalue weighted by Gasteiger charge is 2.46. The number of carbonyl (C=O) groups is 2. The Morgan fingerprint density at radius 3 is 2.29 bits per heavy atom. The second kappa shape index (κ2) is 10.9. The lowest BCUT2D eigenvalue weighted by Crippen LogP contribution is -2.32. The van der Waals surface area contributed by atoms with E-state index in [2.05, 4.69) is 6.92 Å². The van der Waals surface area contributed by atoms with Gasteiger partial charge in [-0.05, 0) is 50.7 Å². The van der Waals surface area contributed by atoms with Crippen LogP contribution in [0.4, 0.5) is 0 Å². The van der Waals surface area contributed by atoms with Gasteiger partial charge < -0.3 is 24.4 Å². The maximum absolute atomic E-state index is 13.2. The minimum atomic E-state index is -0.735. The minimum absolute atomic E-state index is 0.0126. The summed E-state index contributed by atoms with van der Waals surface area (Å²) in [6.45, 7) is 3.19. The van der Waals surface area contributed by atoms with Crippen molar-refractivity contribution in [2.24, 2.45) is 0 Å². The maximum atomic E-state index is 13.2. The number of carbonyl (C=O) groups excluding carboxylic acids is 2. The van der Waals surface area contributed by atoms with E-state index >= 15 is 0 Å². The zero-order valence-corrected chi connectivity index (χ0v) is 21.0. The third-order valence-corrected chi connectivity index (χ3v) is 6.27. The number of amides is 1. The largest absolute Gasteiger partial charge is 0.507 e. The van der Waals surface area contributed by atoms with E-state index in [9.17, 15) is 14.7 Å². The van der Waals surface area contributed by atoms with Gasteiger partial charge in [-0.15, -0.1) is 0 Å². The summed E-state index contributed by atoms with van der Waals surface area (Å²) in [4.78, 5) is 29.9. The zero-order chi connectivity index (χ0) is 25.0. The van der Waals surface area contributed by atoms with Gasteiger partial charge in [0, 0.05) is 12.6 Å². The van der Waals surface area contributed by atoms with Crippen LogP contribution in [0.15, 0.2) is 42.0 Å². The van der Waals surface area contributed by atoms with Gasteiger partial charge in [0.25, 0.3) is 11.7 Å². The molecule has 1 atom stereocenters. The van der Waals surface area contributed by atoms with Crippen molar-refractivity contribution in [3.05, 3.63) is 63.7 Å². The number of ether oxygens (including phenoxy) is 2. The number of aryl methyl sites for hydroxylation is 1. The number of aliphatic hydroxyl groups excluding tert-OH is 1. The van der Waals surface area contributed by atoms with Crippen LogP contribution in [0.2, 0.25) is 5.02 Å². The highest BCUT2D eigenvalue weighted by molar-refractivity contribution is 6.46. The van der Waals surface area contributed by atoms with Crippen molar-refractivity contribution >= 4 is 29.1 Å². The number of Topliss-reactive ketones (excluding diaryl/α,β-unsaturated/α-hetero) is 1. The van der Waals surface area contributed by atoms with Crippen molar-refractivity contribution in [3.63, 3.8) is 0 Å². The van der Waals surface area contributed by atoms with Gasteiger partial charge in [-0.1, -0.05) is 42.8 Å². The minimum Gasteiger partial charge on any atom is -0.507 e. The quantitative estimate of drug-likeness (QED) is 0.323. The molecule has 0 radical (unpaired) electrons. The Labute approximate surface area is 205 Å². The van der Waals surface area contributed by atoms with Gasteiger partial charge in [-0.25, -0.2) is 0 Å². The first-order chi connectivity index (χ1) is 16.2. The Kier molecular flexibility index (Phi) is 8.23. The van der Waals surface area contributed by atoms with E-state index < -0.39 is 17.7 Å². The Bertz CT molecular complexity index is 1100. The van der Waals surface area contributed by atoms with Crippen molar-refractivity contribution in [3.8, 4) is 11.5 Å². The molecule has 1 saturated heterocycles. The molecule has 8 heteroatoms. The fourth-order valence-electron chi connectivity index (χ4n) is 4.14. The van der Waals surface area contributed by atoms with Crippen LogP contribution < -0.4 is 9.47 Å². The number of nitrogens with zero attached hydrogens (tertiary/aromatic N) is 2. The number of ketones is 1. The van der Waals surface area contributed by atoms with E-state index in [0.29, 0.717) is 18.7 Å². The molecule has 1 fully saturated rings. The van der Waals surface area contributed by atoms with E-state index in [1.165, 1.54) is 31.3 Å². The van der Waals surface area contributed by atoms with Gasteiger partial charge in [0.2, 0.25) is 0 Å². The van der Waals surface area contributed by atoms with Crippen molar-refractivity contribution in [2.75, 3.05) is 41.4 Å². The molecule has 2 aromatic carbocycles. The van der Waals surface area contributed by atoms with Crippen molar-refractivity contribution in [1.82, 2.24) is 9.80 Å². The molecule has 0 saturated carbocycles. The summed E-state index contributed by atoms with van der Waals surface area (Å²) in [5, 5.41) is 11.6. The average Bonchev–Trinajstić information content (AvgIpc) is 3.08. The topological polar surface area (TPSA) is 79.3 Å². The summed E-state index contributed by atoms with van der Waals surface area (Å²) >= 11 is 6.31. The summed E-state index contributed by atoms with van der Waals surface area (Å²) in [6.07, 6.45) is 1.55. The third kappa shape index (κ3) is 5.05. The molecule has 1 N–H and O–H groups in total. The Morgan fingerprint density at radius 2 is 1.74 bits per heavy atom. The zero-order valence-electron chi connectivity index (χ0n) is 20.2. The van der Waals surface area contributed by atoms with Crippen LogP contribution in [0.1, 0.15) is 36.1 Å². The molecule has 0 aromatic heterocycles. The van der Waals surface area contributed by atoms with E-state index in [-0.39, 0.29) is 27.7 Å². The molecule has 3 rings (SSSR count). The molecule has 1 heterocycles. The smallest absolute Gasteiger partial charge is 0.295 e. The highest BCUT2D eigenvalue weighted by Crippen LogP contribution is 2.43. The third-order valence-electron chi connectivity index (χ3n) is 5.98. The first-order valence-electron chi connectivity index (χ1n) is 11.2. The molecule has 0 spiro atoms. The molecule has 0 aliphatic carbocycles. The standard InChI is InChI=1S/C26H31ClN2O5/c1-6-16-8-10-17(11-9-16)23-22(25(31)26(32)29(23)13-7-12-28(2)3)24(30)18-14-19(27)21(34-5)15-20(18)33-4/h8-11,14-15,23,30H,6-7,12-13H2,1-5H3/b24-22+. The Morgan fingerprint density at radius 1 is 1.09 bits per heavy atom. The number of rotatable bonds is 9. The summed E-state index contributed by atoms with van der Waals surface area (Å²) in [6, 6.07) is 10.0. The van der Waals surface area contributed by atoms with Crippen molar-refractivity contribution in [1.29, 1.82) is 0 Å². The Balaban J connectivity index is 2.17. The molecule has 1 unspecified atom stereocenters. The van der Waals surface area contributed by atoms with Gasteiger partial charge >= 0.3 is 0 Å². The van der Waals surface area contributed by atoms with Crippen molar-refractivity contribution < 1.29 is 24.2 Å². The van der Waals surface area contributed by atoms with Crippen LogP contribution in [0, 0.1) is 0 Å². The fraction of sp³-hybridized carbons (Fsp3) is 0.385. The van der Waals surface area contributed by atoms with Crippen LogP contribution in [0.5, 0.6) is 11.5 Å². The molecular weight excluding hydrogens is 456 g/mol.